The van der Waals surface area contributed by atoms with E-state index in [-0.39, 0.29) is 28.6 Å². The third-order valence-corrected chi connectivity index (χ3v) is 5.56. The fourth-order valence-electron chi connectivity index (χ4n) is 3.48. The smallest absolute Gasteiger partial charge is 0.280 e. The Morgan fingerprint density at radius 1 is 1.03 bits per heavy atom. The molecular weight excluding hydrogens is 513 g/mol. The van der Waals surface area contributed by atoms with Crippen molar-refractivity contribution in [1.29, 1.82) is 0 Å². The number of carbonyl (C=O) groups is 2. The minimum absolute atomic E-state index is 0.173. The van der Waals surface area contributed by atoms with Gasteiger partial charge in [-0.25, -0.2) is 27.9 Å². The van der Waals surface area contributed by atoms with E-state index in [1.54, 1.807) is 37.1 Å². The summed E-state index contributed by atoms with van der Waals surface area (Å²) in [4.78, 5) is 35.7. The second-order valence-electron chi connectivity index (χ2n) is 8.12. The maximum absolute atomic E-state index is 14.4. The molecule has 192 valence electrons. The molecule has 14 heteroatoms. The van der Waals surface area contributed by atoms with Gasteiger partial charge in [0, 0.05) is 44.2 Å². The van der Waals surface area contributed by atoms with Crippen molar-refractivity contribution in [2.45, 2.75) is 20.0 Å². The predicted octanol–water partition coefficient (Wildman–Crippen LogP) is 4.10. The van der Waals surface area contributed by atoms with Crippen LogP contribution >= 0.6 is 11.6 Å². The maximum atomic E-state index is 14.4. The topological polar surface area (TPSA) is 102 Å². The average Bonchev–Trinajstić information content (AvgIpc) is 3.40. The van der Waals surface area contributed by atoms with Crippen molar-refractivity contribution in [2.24, 2.45) is 19.1 Å². The summed E-state index contributed by atoms with van der Waals surface area (Å²) >= 11 is 6.32. The number of halogens is 4. The Labute approximate surface area is 213 Å². The first kappa shape index (κ1) is 25.8. The molecule has 37 heavy (non-hydrogen) atoms. The van der Waals surface area contributed by atoms with Crippen LogP contribution in [0.3, 0.4) is 0 Å². The summed E-state index contributed by atoms with van der Waals surface area (Å²) in [5.74, 6) is -4.24. The third kappa shape index (κ3) is 5.77. The van der Waals surface area contributed by atoms with Crippen LogP contribution in [0.2, 0.25) is 5.02 Å². The number of hydrogen-bond acceptors (Lipinski definition) is 6. The third-order valence-electron chi connectivity index (χ3n) is 5.26. The van der Waals surface area contributed by atoms with Crippen LogP contribution in [0.15, 0.2) is 41.8 Å². The number of aryl methyl sites for hydroxylation is 2. The second kappa shape index (κ2) is 10.4. The van der Waals surface area contributed by atoms with Crippen molar-refractivity contribution in [3.63, 3.8) is 0 Å². The number of hydrogen-bond donors (Lipinski definition) is 0. The summed E-state index contributed by atoms with van der Waals surface area (Å²) in [7, 11) is 3.35. The van der Waals surface area contributed by atoms with Crippen LogP contribution in [0, 0.1) is 17.5 Å². The molecule has 2 heterocycles. The van der Waals surface area contributed by atoms with Gasteiger partial charge in [-0.15, -0.1) is 0 Å². The van der Waals surface area contributed by atoms with Crippen molar-refractivity contribution in [3.05, 3.63) is 70.7 Å². The molecule has 0 saturated carbocycles. The lowest BCUT2D eigenvalue weighted by molar-refractivity contribution is -0.126. The van der Waals surface area contributed by atoms with E-state index in [0.717, 1.165) is 28.4 Å². The lowest BCUT2D eigenvalue weighted by Gasteiger charge is -2.25. The Kier molecular flexibility index (Phi) is 7.25. The lowest BCUT2D eigenvalue weighted by atomic mass is 10.2. The summed E-state index contributed by atoms with van der Waals surface area (Å²) in [6, 6.07) is 3.29. The highest BCUT2D eigenvalue weighted by Gasteiger charge is 2.26. The molecule has 0 aliphatic carbocycles. The first-order chi connectivity index (χ1) is 17.5. The van der Waals surface area contributed by atoms with E-state index in [4.69, 9.17) is 11.6 Å². The van der Waals surface area contributed by atoms with E-state index in [1.165, 1.54) is 11.0 Å². The van der Waals surface area contributed by atoms with Gasteiger partial charge in [0.2, 0.25) is 5.91 Å². The molecule has 10 nitrogen and oxygen atoms in total. The zero-order valence-corrected chi connectivity index (χ0v) is 20.6. The normalized spacial score (nSPS) is 11.4. The second-order valence-corrected chi connectivity index (χ2v) is 8.52. The molecule has 0 saturated heterocycles. The standard InChI is InChI=1S/C23H20ClF3N8O2/c1-13(36)35(10-22-29-11-33(3)31-22)23(37)34(9-14-4-18(26)19(27)7-17(14)25)12-28-21-5-15-8-32(2)30-20(15)6-16(21)24/h4-8,11-12H,9-10H2,1-3H3/b28-12+. The van der Waals surface area contributed by atoms with Crippen LogP contribution in [0.4, 0.5) is 23.7 Å². The lowest BCUT2D eigenvalue weighted by Crippen LogP contribution is -2.44. The van der Waals surface area contributed by atoms with E-state index >= 15 is 0 Å². The van der Waals surface area contributed by atoms with Gasteiger partial charge in [-0.1, -0.05) is 11.6 Å². The number of aromatic nitrogens is 5. The fourth-order valence-corrected chi connectivity index (χ4v) is 3.69. The molecule has 0 spiro atoms. The summed E-state index contributed by atoms with van der Waals surface area (Å²) < 4.78 is 44.7. The van der Waals surface area contributed by atoms with E-state index in [2.05, 4.69) is 20.2 Å². The van der Waals surface area contributed by atoms with Gasteiger partial charge in [0.05, 0.1) is 35.7 Å². The quantitative estimate of drug-likeness (QED) is 0.211. The molecule has 0 bridgehead atoms. The zero-order valence-electron chi connectivity index (χ0n) is 19.9. The van der Waals surface area contributed by atoms with Gasteiger partial charge in [0.25, 0.3) is 0 Å². The number of rotatable bonds is 6. The molecule has 0 atom stereocenters. The molecular formula is C23H20ClF3N8O2. The Hall–Kier alpha value is -4.26. The average molecular weight is 533 g/mol. The molecule has 0 unspecified atom stereocenters. The van der Waals surface area contributed by atoms with Crippen molar-refractivity contribution in [3.8, 4) is 0 Å². The van der Waals surface area contributed by atoms with Gasteiger partial charge in [-0.2, -0.15) is 10.2 Å². The minimum Gasteiger partial charge on any atom is -0.280 e. The predicted molar refractivity (Wildman–Crippen MR) is 128 cm³/mol. The summed E-state index contributed by atoms with van der Waals surface area (Å²) in [5.41, 5.74) is 0.535. The van der Waals surface area contributed by atoms with Gasteiger partial charge in [0.1, 0.15) is 12.1 Å². The highest BCUT2D eigenvalue weighted by molar-refractivity contribution is 6.33. The van der Waals surface area contributed by atoms with Crippen LogP contribution in [0.5, 0.6) is 0 Å². The molecule has 4 rings (SSSR count). The minimum atomic E-state index is -1.38. The molecule has 0 aliphatic heterocycles. The summed E-state index contributed by atoms with van der Waals surface area (Å²) in [6.07, 6.45) is 4.17. The van der Waals surface area contributed by atoms with Crippen LogP contribution in [0.1, 0.15) is 18.3 Å². The van der Waals surface area contributed by atoms with Crippen LogP contribution in [0.25, 0.3) is 10.9 Å². The molecule has 0 radical (unpaired) electrons. The highest BCUT2D eigenvalue weighted by atomic mass is 35.5. The molecule has 0 aliphatic rings. The molecule has 3 amide bonds. The number of imide groups is 1. The van der Waals surface area contributed by atoms with Crippen molar-refractivity contribution < 1.29 is 22.8 Å². The number of nitrogens with zero attached hydrogens (tertiary/aromatic N) is 8. The van der Waals surface area contributed by atoms with Crippen LogP contribution in [-0.2, 0) is 32.0 Å². The van der Waals surface area contributed by atoms with E-state index in [1.807, 2.05) is 0 Å². The van der Waals surface area contributed by atoms with Crippen LogP contribution in [-0.4, -0.2) is 52.6 Å². The largest absolute Gasteiger partial charge is 0.332 e. The van der Waals surface area contributed by atoms with Crippen molar-refractivity contribution in [1.82, 2.24) is 34.3 Å². The molecule has 4 aromatic rings. The Morgan fingerprint density at radius 2 is 1.76 bits per heavy atom. The zero-order chi connectivity index (χ0) is 26.9. The Balaban J connectivity index is 1.71. The van der Waals surface area contributed by atoms with E-state index in [9.17, 15) is 22.8 Å². The van der Waals surface area contributed by atoms with Gasteiger partial charge in [-0.05, 0) is 18.2 Å². The number of carbonyl (C=O) groups excluding carboxylic acids is 2. The highest BCUT2D eigenvalue weighted by Crippen LogP contribution is 2.30. The van der Waals surface area contributed by atoms with Crippen molar-refractivity contribution in [2.75, 3.05) is 0 Å². The molecule has 2 aromatic heterocycles. The van der Waals surface area contributed by atoms with Gasteiger partial charge >= 0.3 is 6.03 Å². The Bertz CT molecular complexity index is 1530. The number of benzene rings is 2. The number of amides is 3. The fraction of sp³-hybridized carbons (Fsp3) is 0.217. The number of fused-ring (bicyclic) bond motifs is 1. The van der Waals surface area contributed by atoms with Crippen LogP contribution < -0.4 is 0 Å². The number of aliphatic imine (C=N–C) groups is 1. The van der Waals surface area contributed by atoms with E-state index in [0.29, 0.717) is 17.6 Å². The van der Waals surface area contributed by atoms with Gasteiger partial charge in [-0.3, -0.25) is 24.0 Å². The van der Waals surface area contributed by atoms with Gasteiger partial charge in [0.15, 0.2) is 17.5 Å². The molecule has 0 fully saturated rings. The molecule has 0 N–H and O–H groups in total. The Morgan fingerprint density at radius 3 is 2.43 bits per heavy atom. The monoisotopic (exact) mass is 532 g/mol. The van der Waals surface area contributed by atoms with E-state index < -0.39 is 35.9 Å². The summed E-state index contributed by atoms with van der Waals surface area (Å²) in [6.45, 7) is 0.293. The molecule has 2 aromatic carbocycles. The van der Waals surface area contributed by atoms with Crippen molar-refractivity contribution >= 4 is 46.5 Å². The maximum Gasteiger partial charge on any atom is 0.332 e. The van der Waals surface area contributed by atoms with Gasteiger partial charge < -0.3 is 0 Å². The SMILES string of the molecule is CC(=O)N(Cc1ncn(C)n1)C(=O)N(/C=N/c1cc2cn(C)nc2cc1Cl)Cc1cc(F)c(F)cc1F. The number of urea groups is 1. The first-order valence-electron chi connectivity index (χ1n) is 10.8. The summed E-state index contributed by atoms with van der Waals surface area (Å²) in [5, 5.41) is 9.25. The first-order valence-corrected chi connectivity index (χ1v) is 11.1.